The second kappa shape index (κ2) is 7.62. The molecule has 1 saturated heterocycles. The van der Waals surface area contributed by atoms with Crippen LogP contribution in [0.15, 0.2) is 0 Å². The summed E-state index contributed by atoms with van der Waals surface area (Å²) in [6.45, 7) is 10.6. The quantitative estimate of drug-likeness (QED) is 0.861. The third kappa shape index (κ3) is 4.70. The largest absolute Gasteiger partial charge is 0.342 e. The normalized spacial score (nSPS) is 28.4. The summed E-state index contributed by atoms with van der Waals surface area (Å²) in [6, 6.07) is 1.35. The van der Waals surface area contributed by atoms with Gasteiger partial charge in [-0.05, 0) is 50.4 Å². The molecule has 0 bridgehead atoms. The summed E-state index contributed by atoms with van der Waals surface area (Å²) in [6.07, 6.45) is 7.72. The van der Waals surface area contributed by atoms with Crippen LogP contribution < -0.4 is 5.32 Å². The molecule has 21 heavy (non-hydrogen) atoms. The van der Waals surface area contributed by atoms with E-state index in [0.29, 0.717) is 11.9 Å². The molecule has 2 aliphatic rings. The van der Waals surface area contributed by atoms with Gasteiger partial charge in [0, 0.05) is 31.1 Å². The van der Waals surface area contributed by atoms with E-state index in [2.05, 4.69) is 24.1 Å². The second-order valence-corrected chi connectivity index (χ2v) is 7.78. The van der Waals surface area contributed by atoms with Crippen molar-refractivity contribution in [1.29, 1.82) is 0 Å². The summed E-state index contributed by atoms with van der Waals surface area (Å²) in [5.41, 5.74) is 0. The van der Waals surface area contributed by atoms with Crippen molar-refractivity contribution >= 4 is 5.91 Å². The molecule has 2 fully saturated rings. The number of carbonyl (C=O) groups is 1. The number of likely N-dealkylation sites (tertiary alicyclic amines) is 1. The molecular weight excluding hydrogens is 260 g/mol. The maximum absolute atomic E-state index is 12.0. The second-order valence-electron chi connectivity index (χ2n) is 7.78. The highest BCUT2D eigenvalue weighted by molar-refractivity contribution is 5.78. The van der Waals surface area contributed by atoms with Crippen molar-refractivity contribution < 1.29 is 4.79 Å². The smallest absolute Gasteiger partial charge is 0.225 e. The predicted molar refractivity (Wildman–Crippen MR) is 88.2 cm³/mol. The van der Waals surface area contributed by atoms with Crippen LogP contribution in [0.2, 0.25) is 0 Å². The Labute approximate surface area is 130 Å². The zero-order valence-electron chi connectivity index (χ0n) is 14.4. The number of nitrogens with zero attached hydrogens (tertiary/aromatic N) is 1. The SMILES string of the molecule is CC(C)C(=O)N1CCC(NC2CCC(C(C)C)CC2)CC1. The third-order valence-corrected chi connectivity index (χ3v) is 5.49. The van der Waals surface area contributed by atoms with Gasteiger partial charge in [-0.15, -0.1) is 0 Å². The Hall–Kier alpha value is -0.570. The monoisotopic (exact) mass is 294 g/mol. The molecule has 0 unspecified atom stereocenters. The number of nitrogens with one attached hydrogen (secondary N) is 1. The Bertz CT molecular complexity index is 324. The van der Waals surface area contributed by atoms with Gasteiger partial charge in [-0.2, -0.15) is 0 Å². The van der Waals surface area contributed by atoms with E-state index < -0.39 is 0 Å². The van der Waals surface area contributed by atoms with E-state index in [4.69, 9.17) is 0 Å². The van der Waals surface area contributed by atoms with Crippen molar-refractivity contribution in [3.8, 4) is 0 Å². The van der Waals surface area contributed by atoms with Gasteiger partial charge < -0.3 is 10.2 Å². The van der Waals surface area contributed by atoms with Gasteiger partial charge in [-0.1, -0.05) is 27.7 Å². The Morgan fingerprint density at radius 2 is 1.43 bits per heavy atom. The molecule has 0 spiro atoms. The maximum atomic E-state index is 12.0. The van der Waals surface area contributed by atoms with Crippen molar-refractivity contribution in [3.63, 3.8) is 0 Å². The van der Waals surface area contributed by atoms with E-state index in [0.717, 1.165) is 43.8 Å². The molecule has 0 radical (unpaired) electrons. The van der Waals surface area contributed by atoms with Crippen molar-refractivity contribution in [1.82, 2.24) is 10.2 Å². The van der Waals surface area contributed by atoms with Gasteiger partial charge in [0.2, 0.25) is 5.91 Å². The lowest BCUT2D eigenvalue weighted by molar-refractivity contribution is -0.135. The summed E-state index contributed by atoms with van der Waals surface area (Å²) in [5, 5.41) is 3.87. The molecule has 1 N–H and O–H groups in total. The minimum absolute atomic E-state index is 0.140. The number of hydrogen-bond acceptors (Lipinski definition) is 2. The van der Waals surface area contributed by atoms with Crippen LogP contribution in [-0.2, 0) is 4.79 Å². The maximum Gasteiger partial charge on any atom is 0.225 e. The number of hydrogen-bond donors (Lipinski definition) is 1. The highest BCUT2D eigenvalue weighted by Gasteiger charge is 2.28. The average molecular weight is 294 g/mol. The minimum atomic E-state index is 0.140. The summed E-state index contributed by atoms with van der Waals surface area (Å²) in [5.74, 6) is 2.25. The van der Waals surface area contributed by atoms with Gasteiger partial charge in [0.25, 0.3) is 0 Å². The summed E-state index contributed by atoms with van der Waals surface area (Å²) < 4.78 is 0. The van der Waals surface area contributed by atoms with E-state index in [1.807, 2.05) is 13.8 Å². The first-order chi connectivity index (χ1) is 9.97. The number of amides is 1. The van der Waals surface area contributed by atoms with E-state index >= 15 is 0 Å². The fourth-order valence-electron chi connectivity index (χ4n) is 3.92. The van der Waals surface area contributed by atoms with Crippen LogP contribution in [0.5, 0.6) is 0 Å². The average Bonchev–Trinajstić information content (AvgIpc) is 2.47. The first-order valence-electron chi connectivity index (χ1n) is 9.02. The zero-order chi connectivity index (χ0) is 15.4. The van der Waals surface area contributed by atoms with Crippen molar-refractivity contribution in [2.75, 3.05) is 13.1 Å². The molecule has 1 aliphatic heterocycles. The number of piperidine rings is 1. The molecule has 1 aliphatic carbocycles. The van der Waals surface area contributed by atoms with Crippen LogP contribution in [0, 0.1) is 17.8 Å². The van der Waals surface area contributed by atoms with Crippen LogP contribution >= 0.6 is 0 Å². The Morgan fingerprint density at radius 3 is 1.90 bits per heavy atom. The number of carbonyl (C=O) groups excluding carboxylic acids is 1. The van der Waals surface area contributed by atoms with Gasteiger partial charge >= 0.3 is 0 Å². The first-order valence-corrected chi connectivity index (χ1v) is 9.02. The Kier molecular flexibility index (Phi) is 6.09. The zero-order valence-corrected chi connectivity index (χ0v) is 14.4. The molecule has 1 saturated carbocycles. The van der Waals surface area contributed by atoms with Gasteiger partial charge in [-0.25, -0.2) is 0 Å². The molecule has 0 atom stereocenters. The van der Waals surface area contributed by atoms with Gasteiger partial charge in [0.05, 0.1) is 0 Å². The number of rotatable bonds is 4. The van der Waals surface area contributed by atoms with Gasteiger partial charge in [-0.3, -0.25) is 4.79 Å². The van der Waals surface area contributed by atoms with Crippen LogP contribution in [0.3, 0.4) is 0 Å². The predicted octanol–water partition coefficient (Wildman–Crippen LogP) is 3.44. The minimum Gasteiger partial charge on any atom is -0.342 e. The molecule has 2 rings (SSSR count). The highest BCUT2D eigenvalue weighted by Crippen LogP contribution is 2.30. The molecule has 0 aromatic heterocycles. The third-order valence-electron chi connectivity index (χ3n) is 5.49. The summed E-state index contributed by atoms with van der Waals surface area (Å²) in [7, 11) is 0. The molecule has 1 heterocycles. The van der Waals surface area contributed by atoms with Gasteiger partial charge in [0.15, 0.2) is 0 Å². The fraction of sp³-hybridized carbons (Fsp3) is 0.944. The summed E-state index contributed by atoms with van der Waals surface area (Å²) in [4.78, 5) is 14.1. The lowest BCUT2D eigenvalue weighted by Gasteiger charge is -2.38. The highest BCUT2D eigenvalue weighted by atomic mass is 16.2. The topological polar surface area (TPSA) is 32.3 Å². The summed E-state index contributed by atoms with van der Waals surface area (Å²) >= 11 is 0. The molecule has 0 aromatic rings. The molecular formula is C18H34N2O. The lowest BCUT2D eigenvalue weighted by Crippen LogP contribution is -2.49. The molecule has 0 aromatic carbocycles. The van der Waals surface area contributed by atoms with E-state index in [9.17, 15) is 4.79 Å². The first kappa shape index (κ1) is 16.8. The van der Waals surface area contributed by atoms with Crippen LogP contribution in [0.4, 0.5) is 0 Å². The van der Waals surface area contributed by atoms with E-state index in [-0.39, 0.29) is 5.92 Å². The van der Waals surface area contributed by atoms with E-state index in [1.165, 1.54) is 25.7 Å². The van der Waals surface area contributed by atoms with E-state index in [1.54, 1.807) is 0 Å². The molecule has 3 nitrogen and oxygen atoms in total. The van der Waals surface area contributed by atoms with Crippen LogP contribution in [0.1, 0.15) is 66.2 Å². The molecule has 3 heteroatoms. The lowest BCUT2D eigenvalue weighted by atomic mass is 9.79. The fourth-order valence-corrected chi connectivity index (χ4v) is 3.92. The Morgan fingerprint density at radius 1 is 0.905 bits per heavy atom. The van der Waals surface area contributed by atoms with Crippen molar-refractivity contribution in [3.05, 3.63) is 0 Å². The Balaban J connectivity index is 1.69. The standard InChI is InChI=1S/C18H34N2O/c1-13(2)15-5-7-16(8-6-15)19-17-9-11-20(12-10-17)18(21)14(3)4/h13-17,19H,5-12H2,1-4H3. The molecule has 122 valence electrons. The van der Waals surface area contributed by atoms with Crippen molar-refractivity contribution in [2.24, 2.45) is 17.8 Å². The van der Waals surface area contributed by atoms with Crippen LogP contribution in [-0.4, -0.2) is 36.0 Å². The molecule has 1 amide bonds. The van der Waals surface area contributed by atoms with Crippen molar-refractivity contribution in [2.45, 2.75) is 78.3 Å². The van der Waals surface area contributed by atoms with Gasteiger partial charge in [0.1, 0.15) is 0 Å². The van der Waals surface area contributed by atoms with Crippen LogP contribution in [0.25, 0.3) is 0 Å².